The van der Waals surface area contributed by atoms with Gasteiger partial charge in [-0.3, -0.25) is 9.69 Å². The Hall–Kier alpha value is -2.78. The van der Waals surface area contributed by atoms with Crippen LogP contribution in [0.25, 0.3) is 10.9 Å². The van der Waals surface area contributed by atoms with E-state index in [0.717, 1.165) is 35.3 Å². The molecule has 3 rings (SSSR count). The van der Waals surface area contributed by atoms with E-state index in [4.69, 9.17) is 4.74 Å². The third-order valence-corrected chi connectivity index (χ3v) is 6.02. The zero-order valence-electron chi connectivity index (χ0n) is 19.6. The van der Waals surface area contributed by atoms with E-state index < -0.39 is 0 Å². The summed E-state index contributed by atoms with van der Waals surface area (Å²) < 4.78 is 7.47. The van der Waals surface area contributed by atoms with Crippen LogP contribution >= 0.6 is 0 Å². The third kappa shape index (κ3) is 4.99. The van der Waals surface area contributed by atoms with Crippen molar-refractivity contribution in [3.8, 4) is 5.75 Å². The summed E-state index contributed by atoms with van der Waals surface area (Å²) in [5.41, 5.74) is 0.990. The van der Waals surface area contributed by atoms with Crippen molar-refractivity contribution in [2.75, 3.05) is 19.8 Å². The number of fused-ring (bicyclic) bond motifs is 1. The highest BCUT2D eigenvalue weighted by Crippen LogP contribution is 2.29. The summed E-state index contributed by atoms with van der Waals surface area (Å²) in [6.45, 7) is 11.6. The zero-order chi connectivity index (χ0) is 23.3. The minimum Gasteiger partial charge on any atom is -0.494 e. The van der Waals surface area contributed by atoms with Crippen LogP contribution < -0.4 is 10.3 Å². The molecule has 3 aromatic rings. The lowest BCUT2D eigenvalue weighted by Gasteiger charge is -2.32. The molecule has 1 atom stereocenters. The molecule has 9 nitrogen and oxygen atoms in total. The molecule has 0 saturated heterocycles. The molecule has 2 heterocycles. The predicted molar refractivity (Wildman–Crippen MR) is 124 cm³/mol. The second kappa shape index (κ2) is 10.2. The van der Waals surface area contributed by atoms with Gasteiger partial charge in [0.15, 0.2) is 5.82 Å². The van der Waals surface area contributed by atoms with Crippen molar-refractivity contribution >= 4 is 10.9 Å². The summed E-state index contributed by atoms with van der Waals surface area (Å²) >= 11 is 0. The molecule has 32 heavy (non-hydrogen) atoms. The molecule has 0 aliphatic carbocycles. The fourth-order valence-electron chi connectivity index (χ4n) is 3.88. The van der Waals surface area contributed by atoms with E-state index in [2.05, 4.69) is 53.1 Å². The van der Waals surface area contributed by atoms with Gasteiger partial charge in [-0.15, -0.1) is 5.10 Å². The summed E-state index contributed by atoms with van der Waals surface area (Å²) in [6, 6.07) is 7.38. The van der Waals surface area contributed by atoms with Crippen molar-refractivity contribution in [3.63, 3.8) is 0 Å². The Kier molecular flexibility index (Phi) is 7.63. The number of aliphatic hydroxyl groups excluding tert-OH is 1. The molecule has 1 aromatic carbocycles. The number of nitrogens with one attached hydrogen (secondary N) is 1. The topological polar surface area (TPSA) is 109 Å². The molecule has 0 unspecified atom stereocenters. The highest BCUT2D eigenvalue weighted by atomic mass is 16.5. The van der Waals surface area contributed by atoms with Crippen molar-refractivity contribution < 1.29 is 9.84 Å². The highest BCUT2D eigenvalue weighted by molar-refractivity contribution is 5.80. The van der Waals surface area contributed by atoms with Crippen LogP contribution in [0.15, 0.2) is 29.1 Å². The van der Waals surface area contributed by atoms with Crippen LogP contribution in [-0.4, -0.2) is 55.0 Å². The Morgan fingerprint density at radius 3 is 2.69 bits per heavy atom. The standard InChI is InChI=1S/C23H34N6O3/c1-6-20(21-25-26-27-29(21)23(4,5)7-2)28(11-12-30)15-17-13-16-14-18(32-8-3)9-10-19(16)24-22(17)31/h9-10,13-14,20,30H,6-8,11-12,15H2,1-5H3,(H,24,31)/t20-/m1/s1. The molecule has 0 radical (unpaired) electrons. The number of nitrogens with zero attached hydrogens (tertiary/aromatic N) is 5. The van der Waals surface area contributed by atoms with E-state index in [9.17, 15) is 9.90 Å². The lowest BCUT2D eigenvalue weighted by molar-refractivity contribution is 0.125. The van der Waals surface area contributed by atoms with Crippen molar-refractivity contribution in [1.29, 1.82) is 0 Å². The van der Waals surface area contributed by atoms with Gasteiger partial charge in [0.1, 0.15) is 5.75 Å². The van der Waals surface area contributed by atoms with Gasteiger partial charge in [0, 0.05) is 29.6 Å². The molecule has 0 amide bonds. The first-order valence-electron chi connectivity index (χ1n) is 11.3. The molecule has 0 aliphatic rings. The second-order valence-electron chi connectivity index (χ2n) is 8.54. The number of ether oxygens (including phenoxy) is 1. The summed E-state index contributed by atoms with van der Waals surface area (Å²) in [7, 11) is 0. The number of hydrogen-bond donors (Lipinski definition) is 2. The Morgan fingerprint density at radius 2 is 2.03 bits per heavy atom. The normalized spacial score (nSPS) is 13.1. The maximum absolute atomic E-state index is 12.8. The molecule has 9 heteroatoms. The van der Waals surface area contributed by atoms with Crippen LogP contribution in [0.1, 0.15) is 64.9 Å². The van der Waals surface area contributed by atoms with E-state index >= 15 is 0 Å². The monoisotopic (exact) mass is 442 g/mol. The number of H-pyrrole nitrogens is 1. The molecule has 0 spiro atoms. The molecular weight excluding hydrogens is 408 g/mol. The van der Waals surface area contributed by atoms with Crippen LogP contribution in [0, 0.1) is 0 Å². The largest absolute Gasteiger partial charge is 0.494 e. The van der Waals surface area contributed by atoms with E-state index in [1.165, 1.54) is 0 Å². The van der Waals surface area contributed by atoms with Crippen molar-refractivity contribution in [1.82, 2.24) is 30.1 Å². The molecule has 0 bridgehead atoms. The third-order valence-electron chi connectivity index (χ3n) is 6.02. The van der Waals surface area contributed by atoms with E-state index in [0.29, 0.717) is 25.3 Å². The lowest BCUT2D eigenvalue weighted by atomic mass is 10.0. The van der Waals surface area contributed by atoms with Crippen LogP contribution in [-0.2, 0) is 12.1 Å². The van der Waals surface area contributed by atoms with Gasteiger partial charge in [0.05, 0.1) is 24.8 Å². The minimum atomic E-state index is -0.243. The maximum atomic E-state index is 12.8. The van der Waals surface area contributed by atoms with Gasteiger partial charge in [-0.2, -0.15) is 0 Å². The quantitative estimate of drug-likeness (QED) is 0.470. The number of benzene rings is 1. The Morgan fingerprint density at radius 1 is 1.25 bits per heavy atom. The summed E-state index contributed by atoms with van der Waals surface area (Å²) in [5, 5.41) is 23.2. The molecule has 2 aromatic heterocycles. The summed E-state index contributed by atoms with van der Waals surface area (Å²) in [4.78, 5) is 17.9. The number of tetrazole rings is 1. The minimum absolute atomic E-state index is 0.0325. The molecule has 0 fully saturated rings. The maximum Gasteiger partial charge on any atom is 0.252 e. The van der Waals surface area contributed by atoms with E-state index in [1.807, 2.05) is 35.9 Å². The van der Waals surface area contributed by atoms with E-state index in [1.54, 1.807) is 0 Å². The summed E-state index contributed by atoms with van der Waals surface area (Å²) in [6.07, 6.45) is 1.61. The van der Waals surface area contributed by atoms with Crippen molar-refractivity contribution in [3.05, 3.63) is 46.0 Å². The van der Waals surface area contributed by atoms with Gasteiger partial charge in [0.25, 0.3) is 5.56 Å². The summed E-state index contributed by atoms with van der Waals surface area (Å²) in [5.74, 6) is 1.50. The van der Waals surface area contributed by atoms with Crippen LogP contribution in [0.3, 0.4) is 0 Å². The smallest absolute Gasteiger partial charge is 0.252 e. The first-order valence-corrected chi connectivity index (χ1v) is 11.3. The fraction of sp³-hybridized carbons (Fsp3) is 0.565. The fourth-order valence-corrected chi connectivity index (χ4v) is 3.88. The molecule has 0 aliphatic heterocycles. The molecular formula is C23H34N6O3. The van der Waals surface area contributed by atoms with Crippen molar-refractivity contribution in [2.45, 2.75) is 65.6 Å². The van der Waals surface area contributed by atoms with Gasteiger partial charge in [0.2, 0.25) is 0 Å². The zero-order valence-corrected chi connectivity index (χ0v) is 19.6. The van der Waals surface area contributed by atoms with Crippen LogP contribution in [0.5, 0.6) is 5.75 Å². The number of aromatic amines is 1. The second-order valence-corrected chi connectivity index (χ2v) is 8.54. The molecule has 174 valence electrons. The number of hydrogen-bond acceptors (Lipinski definition) is 7. The van der Waals surface area contributed by atoms with Gasteiger partial charge >= 0.3 is 0 Å². The Bertz CT molecular complexity index is 1090. The van der Waals surface area contributed by atoms with Gasteiger partial charge in [-0.05, 0) is 68.3 Å². The number of aliphatic hydroxyl groups is 1. The molecule has 2 N–H and O–H groups in total. The van der Waals surface area contributed by atoms with Gasteiger partial charge < -0.3 is 14.8 Å². The van der Waals surface area contributed by atoms with Crippen LogP contribution in [0.4, 0.5) is 0 Å². The Labute approximate surface area is 188 Å². The van der Waals surface area contributed by atoms with Crippen molar-refractivity contribution in [2.24, 2.45) is 0 Å². The van der Waals surface area contributed by atoms with Gasteiger partial charge in [-0.1, -0.05) is 13.8 Å². The van der Waals surface area contributed by atoms with Crippen LogP contribution in [0.2, 0.25) is 0 Å². The van der Waals surface area contributed by atoms with E-state index in [-0.39, 0.29) is 23.7 Å². The number of aromatic nitrogens is 5. The molecule has 0 saturated carbocycles. The first kappa shape index (κ1) is 23.9. The SMILES string of the molecule is CCOc1ccc2[nH]c(=O)c(CN(CCO)[C@H](CC)c3nnnn3C(C)(C)CC)cc2c1. The Balaban J connectivity index is 1.98. The highest BCUT2D eigenvalue weighted by Gasteiger charge is 2.30. The average molecular weight is 443 g/mol. The number of pyridine rings is 1. The lowest BCUT2D eigenvalue weighted by Crippen LogP contribution is -2.37. The number of rotatable bonds is 11. The van der Waals surface area contributed by atoms with Gasteiger partial charge in [-0.25, -0.2) is 4.68 Å². The average Bonchev–Trinajstić information content (AvgIpc) is 3.26. The first-order chi connectivity index (χ1) is 15.3. The predicted octanol–water partition coefficient (Wildman–Crippen LogP) is 3.00.